The number of aromatic amines is 1. The molecule has 1 heterocycles. The van der Waals surface area contributed by atoms with E-state index in [4.69, 9.17) is 20.3 Å². The molecule has 0 spiro atoms. The first-order valence-electron chi connectivity index (χ1n) is 6.97. The molecule has 2 aromatic carbocycles. The maximum absolute atomic E-state index is 10.8. The van der Waals surface area contributed by atoms with Gasteiger partial charge in [0.05, 0.1) is 17.6 Å². The van der Waals surface area contributed by atoms with Gasteiger partial charge >= 0.3 is 6.09 Å². The Morgan fingerprint density at radius 2 is 1.91 bits per heavy atom. The van der Waals surface area contributed by atoms with E-state index in [1.165, 1.54) is 0 Å². The van der Waals surface area contributed by atoms with E-state index in [0.717, 1.165) is 11.1 Å². The number of aromatic nitrogens is 2. The van der Waals surface area contributed by atoms with Crippen molar-refractivity contribution in [3.63, 3.8) is 0 Å². The molecule has 0 saturated carbocycles. The van der Waals surface area contributed by atoms with E-state index in [1.807, 2.05) is 12.1 Å². The lowest BCUT2D eigenvalue weighted by molar-refractivity contribution is 0.201. The predicted octanol–water partition coefficient (Wildman–Crippen LogP) is 2.06. The fraction of sp³-hybridized carbons (Fsp3) is 0.125. The van der Waals surface area contributed by atoms with Crippen molar-refractivity contribution in [1.82, 2.24) is 9.97 Å². The molecule has 7 nitrogen and oxygen atoms in total. The summed E-state index contributed by atoms with van der Waals surface area (Å²) in [6.45, 7) is 0.230. The fourth-order valence-corrected chi connectivity index (χ4v) is 2.17. The third kappa shape index (κ3) is 3.41. The topological polar surface area (TPSA) is 110 Å². The second-order valence-corrected chi connectivity index (χ2v) is 4.78. The van der Waals surface area contributed by atoms with Crippen LogP contribution in [0.15, 0.2) is 42.5 Å². The van der Waals surface area contributed by atoms with Crippen LogP contribution in [0.2, 0.25) is 0 Å². The monoisotopic (exact) mass is 313 g/mol. The van der Waals surface area contributed by atoms with Gasteiger partial charge in [0.1, 0.15) is 23.9 Å². The van der Waals surface area contributed by atoms with Crippen molar-refractivity contribution in [3.05, 3.63) is 42.5 Å². The van der Waals surface area contributed by atoms with Crippen LogP contribution < -0.4 is 15.2 Å². The lowest BCUT2D eigenvalue weighted by Crippen LogP contribution is -2.16. The summed E-state index contributed by atoms with van der Waals surface area (Å²) in [5.74, 6) is 1.71. The van der Waals surface area contributed by atoms with Gasteiger partial charge in [0, 0.05) is 11.6 Å². The van der Waals surface area contributed by atoms with Crippen molar-refractivity contribution < 1.29 is 19.4 Å². The number of hydrogen-bond acceptors (Lipinski definition) is 5. The molecule has 23 heavy (non-hydrogen) atoms. The van der Waals surface area contributed by atoms with Crippen LogP contribution in [0.3, 0.4) is 0 Å². The van der Waals surface area contributed by atoms with Crippen molar-refractivity contribution in [2.45, 2.75) is 0 Å². The highest BCUT2D eigenvalue weighted by Gasteiger charge is 2.08. The summed E-state index contributed by atoms with van der Waals surface area (Å²) in [5.41, 5.74) is 7.36. The number of benzene rings is 2. The van der Waals surface area contributed by atoms with Crippen molar-refractivity contribution >= 4 is 17.1 Å². The predicted molar refractivity (Wildman–Crippen MR) is 84.3 cm³/mol. The highest BCUT2D eigenvalue weighted by Crippen LogP contribution is 2.25. The zero-order valence-electron chi connectivity index (χ0n) is 12.2. The number of H-pyrrole nitrogens is 1. The Bertz CT molecular complexity index is 827. The van der Waals surface area contributed by atoms with Gasteiger partial charge in [0.2, 0.25) is 0 Å². The third-order valence-corrected chi connectivity index (χ3v) is 3.16. The highest BCUT2D eigenvalue weighted by molar-refractivity contribution is 5.81. The van der Waals surface area contributed by atoms with Crippen LogP contribution in [0.1, 0.15) is 0 Å². The lowest BCUT2D eigenvalue weighted by Gasteiger charge is -2.04. The van der Waals surface area contributed by atoms with Crippen molar-refractivity contribution in [2.24, 2.45) is 5.73 Å². The van der Waals surface area contributed by atoms with E-state index < -0.39 is 6.09 Å². The average Bonchev–Trinajstić information content (AvgIpc) is 2.96. The quantitative estimate of drug-likeness (QED) is 0.667. The van der Waals surface area contributed by atoms with Crippen LogP contribution >= 0.6 is 0 Å². The average molecular weight is 313 g/mol. The van der Waals surface area contributed by atoms with Gasteiger partial charge in [-0.1, -0.05) is 0 Å². The number of nitrogens with two attached hydrogens (primary N) is 1. The molecule has 0 radical (unpaired) electrons. The molecule has 1 aromatic heterocycles. The Morgan fingerprint density at radius 1 is 1.17 bits per heavy atom. The Hall–Kier alpha value is -3.06. The van der Waals surface area contributed by atoms with Crippen LogP contribution in [0.25, 0.3) is 22.4 Å². The molecule has 3 aromatic rings. The van der Waals surface area contributed by atoms with Gasteiger partial charge in [-0.15, -0.1) is 0 Å². The molecule has 1 amide bonds. The molecule has 7 heteroatoms. The first-order valence-corrected chi connectivity index (χ1v) is 6.97. The van der Waals surface area contributed by atoms with Gasteiger partial charge in [0.15, 0.2) is 0 Å². The van der Waals surface area contributed by atoms with Crippen molar-refractivity contribution in [1.29, 1.82) is 0 Å². The number of fused-ring (bicyclic) bond motifs is 1. The first-order chi connectivity index (χ1) is 11.2. The molecule has 0 saturated heterocycles. The minimum atomic E-state index is -0.862. The molecule has 118 valence electrons. The van der Waals surface area contributed by atoms with E-state index in [9.17, 15) is 4.79 Å². The maximum atomic E-state index is 10.8. The number of nitrogens with one attached hydrogen (secondary N) is 1. The first kappa shape index (κ1) is 14.9. The summed E-state index contributed by atoms with van der Waals surface area (Å²) in [6.07, 6.45) is -0.862. The normalized spacial score (nSPS) is 10.7. The number of hydrogen-bond donors (Lipinski definition) is 3. The Balaban J connectivity index is 1.86. The van der Waals surface area contributed by atoms with Gasteiger partial charge in [-0.3, -0.25) is 0 Å². The number of nitrogens with zero attached hydrogens (tertiary/aromatic N) is 1. The smallest absolute Gasteiger partial charge is 0.409 e. The number of ether oxygens (including phenoxy) is 2. The maximum Gasteiger partial charge on any atom is 0.409 e. The number of primary amides is 1. The fourth-order valence-electron chi connectivity index (χ4n) is 2.17. The van der Waals surface area contributed by atoms with Crippen molar-refractivity contribution in [2.75, 3.05) is 13.2 Å². The number of rotatable bonds is 5. The molecule has 4 N–H and O–H groups in total. The number of aliphatic hydroxyl groups is 1. The van der Waals surface area contributed by atoms with Crippen LogP contribution in [0.5, 0.6) is 11.5 Å². The van der Waals surface area contributed by atoms with Gasteiger partial charge < -0.3 is 25.3 Å². The standard InChI is InChI=1S/C16H15N3O4/c17-16(21)23-12-5-6-13-14(9-12)19-15(18-13)10-1-3-11(4-2-10)22-8-7-20/h1-6,9,20H,7-8H2,(H2,17,21)(H,18,19). The van der Waals surface area contributed by atoms with E-state index in [-0.39, 0.29) is 13.2 Å². The van der Waals surface area contributed by atoms with Crippen LogP contribution in [0, 0.1) is 0 Å². The minimum absolute atomic E-state index is 0.0268. The zero-order valence-corrected chi connectivity index (χ0v) is 12.2. The summed E-state index contributed by atoms with van der Waals surface area (Å²) in [4.78, 5) is 18.4. The molecule has 0 fully saturated rings. The Kier molecular flexibility index (Phi) is 4.11. The summed E-state index contributed by atoms with van der Waals surface area (Å²) >= 11 is 0. The van der Waals surface area contributed by atoms with E-state index >= 15 is 0 Å². The number of carbonyl (C=O) groups is 1. The SMILES string of the molecule is NC(=O)Oc1ccc2[nH]c(-c3ccc(OCCO)cc3)nc2c1. The van der Waals surface area contributed by atoms with Gasteiger partial charge in [-0.2, -0.15) is 0 Å². The van der Waals surface area contributed by atoms with E-state index in [0.29, 0.717) is 22.8 Å². The summed E-state index contributed by atoms with van der Waals surface area (Å²) in [5, 5.41) is 8.74. The molecule has 0 bridgehead atoms. The number of amides is 1. The van der Waals surface area contributed by atoms with Crippen LogP contribution in [-0.4, -0.2) is 34.4 Å². The third-order valence-electron chi connectivity index (χ3n) is 3.16. The van der Waals surface area contributed by atoms with Crippen molar-refractivity contribution in [3.8, 4) is 22.9 Å². The second-order valence-electron chi connectivity index (χ2n) is 4.78. The second kappa shape index (κ2) is 6.37. The number of carbonyl (C=O) groups excluding carboxylic acids is 1. The Labute approximate surface area is 131 Å². The van der Waals surface area contributed by atoms with Gasteiger partial charge in [0.25, 0.3) is 0 Å². The summed E-state index contributed by atoms with van der Waals surface area (Å²) in [7, 11) is 0. The molecular weight excluding hydrogens is 298 g/mol. The zero-order chi connectivity index (χ0) is 16.2. The lowest BCUT2D eigenvalue weighted by atomic mass is 10.2. The van der Waals surface area contributed by atoms with Gasteiger partial charge in [-0.05, 0) is 36.4 Å². The summed E-state index contributed by atoms with van der Waals surface area (Å²) in [6, 6.07) is 12.4. The molecule has 0 atom stereocenters. The van der Waals surface area contributed by atoms with Crippen LogP contribution in [-0.2, 0) is 0 Å². The molecule has 0 aliphatic heterocycles. The van der Waals surface area contributed by atoms with Crippen LogP contribution in [0.4, 0.5) is 4.79 Å². The molecule has 0 aliphatic rings. The minimum Gasteiger partial charge on any atom is -0.491 e. The highest BCUT2D eigenvalue weighted by atomic mass is 16.5. The Morgan fingerprint density at radius 3 is 2.61 bits per heavy atom. The molecule has 3 rings (SSSR count). The molecule has 0 aliphatic carbocycles. The number of aliphatic hydroxyl groups excluding tert-OH is 1. The summed E-state index contributed by atoms with van der Waals surface area (Å²) < 4.78 is 10.2. The van der Waals surface area contributed by atoms with E-state index in [2.05, 4.69) is 9.97 Å². The molecular formula is C16H15N3O4. The molecule has 0 unspecified atom stereocenters. The van der Waals surface area contributed by atoms with E-state index in [1.54, 1.807) is 30.3 Å². The number of imidazole rings is 1. The van der Waals surface area contributed by atoms with Gasteiger partial charge in [-0.25, -0.2) is 9.78 Å². The largest absolute Gasteiger partial charge is 0.491 e.